The van der Waals surface area contributed by atoms with Gasteiger partial charge in [0, 0.05) is 19.1 Å². The van der Waals surface area contributed by atoms with Crippen LogP contribution in [-0.2, 0) is 13.1 Å². The normalized spacial score (nSPS) is 19.0. The van der Waals surface area contributed by atoms with Gasteiger partial charge < -0.3 is 5.73 Å². The molecule has 0 aromatic heterocycles. The van der Waals surface area contributed by atoms with E-state index in [1.165, 1.54) is 24.5 Å². The van der Waals surface area contributed by atoms with Crippen LogP contribution in [0.3, 0.4) is 0 Å². The quantitative estimate of drug-likeness (QED) is 0.929. The zero-order valence-corrected chi connectivity index (χ0v) is 12.1. The Bertz CT molecular complexity index is 597. The molecule has 3 heteroatoms. The Morgan fingerprint density at radius 1 is 1.10 bits per heavy atom. The first-order valence-electron chi connectivity index (χ1n) is 7.54. The van der Waals surface area contributed by atoms with E-state index in [1.54, 1.807) is 6.07 Å². The molecule has 0 spiro atoms. The average Bonchev–Trinajstić information content (AvgIpc) is 2.98. The molecule has 1 aliphatic heterocycles. The van der Waals surface area contributed by atoms with Crippen LogP contribution in [0.1, 0.15) is 35.6 Å². The molecule has 2 nitrogen and oxygen atoms in total. The Morgan fingerprint density at radius 3 is 2.67 bits per heavy atom. The summed E-state index contributed by atoms with van der Waals surface area (Å²) in [6, 6.07) is 16.0. The van der Waals surface area contributed by atoms with Gasteiger partial charge in [-0.15, -0.1) is 0 Å². The first kappa shape index (κ1) is 14.2. The molecule has 0 bridgehead atoms. The molecule has 1 fully saturated rings. The van der Waals surface area contributed by atoms with Gasteiger partial charge in [0.2, 0.25) is 0 Å². The maximum atomic E-state index is 13.3. The monoisotopic (exact) mass is 284 g/mol. The highest BCUT2D eigenvalue weighted by Crippen LogP contribution is 2.33. The van der Waals surface area contributed by atoms with Gasteiger partial charge in [-0.25, -0.2) is 4.39 Å². The minimum atomic E-state index is -0.208. The lowest BCUT2D eigenvalue weighted by Gasteiger charge is -2.26. The summed E-state index contributed by atoms with van der Waals surface area (Å²) in [7, 11) is 0. The van der Waals surface area contributed by atoms with Gasteiger partial charge in [0.25, 0.3) is 0 Å². The minimum absolute atomic E-state index is 0.208. The Balaban J connectivity index is 1.81. The summed E-state index contributed by atoms with van der Waals surface area (Å²) in [5.41, 5.74) is 9.17. The van der Waals surface area contributed by atoms with Gasteiger partial charge in [-0.1, -0.05) is 36.4 Å². The molecule has 1 unspecified atom stereocenters. The number of nitrogens with zero attached hydrogens (tertiary/aromatic N) is 1. The van der Waals surface area contributed by atoms with Crippen LogP contribution in [0.15, 0.2) is 48.5 Å². The Morgan fingerprint density at radius 2 is 1.90 bits per heavy atom. The number of hydrogen-bond acceptors (Lipinski definition) is 2. The number of benzene rings is 2. The molecule has 2 N–H and O–H groups in total. The molecule has 1 heterocycles. The number of rotatable bonds is 4. The van der Waals surface area contributed by atoms with Crippen molar-refractivity contribution in [3.8, 4) is 0 Å². The van der Waals surface area contributed by atoms with E-state index in [2.05, 4.69) is 35.2 Å². The lowest BCUT2D eigenvalue weighted by molar-refractivity contribution is 0.247. The Labute approximate surface area is 125 Å². The van der Waals surface area contributed by atoms with E-state index in [0.717, 1.165) is 24.2 Å². The van der Waals surface area contributed by atoms with Crippen molar-refractivity contribution in [2.24, 2.45) is 5.73 Å². The van der Waals surface area contributed by atoms with Crippen molar-refractivity contribution in [1.82, 2.24) is 4.90 Å². The van der Waals surface area contributed by atoms with E-state index >= 15 is 0 Å². The van der Waals surface area contributed by atoms with Crippen molar-refractivity contribution >= 4 is 0 Å². The summed E-state index contributed by atoms with van der Waals surface area (Å²) in [5, 5.41) is 0. The van der Waals surface area contributed by atoms with Crippen LogP contribution >= 0.6 is 0 Å². The fourth-order valence-corrected chi connectivity index (χ4v) is 3.23. The highest BCUT2D eigenvalue weighted by atomic mass is 19.1. The Kier molecular flexibility index (Phi) is 4.32. The van der Waals surface area contributed by atoms with Gasteiger partial charge in [-0.3, -0.25) is 4.90 Å². The van der Waals surface area contributed by atoms with Gasteiger partial charge in [0.15, 0.2) is 0 Å². The van der Waals surface area contributed by atoms with Crippen LogP contribution in [-0.4, -0.2) is 11.4 Å². The van der Waals surface area contributed by atoms with Crippen LogP contribution in [0, 0.1) is 5.82 Å². The average molecular weight is 284 g/mol. The predicted molar refractivity (Wildman–Crippen MR) is 83.1 cm³/mol. The van der Waals surface area contributed by atoms with Crippen LogP contribution in [0.4, 0.5) is 4.39 Å². The lowest BCUT2D eigenvalue weighted by atomic mass is 10.0. The number of nitrogens with two attached hydrogens (primary N) is 1. The fourth-order valence-electron chi connectivity index (χ4n) is 3.23. The van der Waals surface area contributed by atoms with Gasteiger partial charge in [-0.2, -0.15) is 0 Å². The maximum Gasteiger partial charge on any atom is 0.123 e. The van der Waals surface area contributed by atoms with E-state index in [4.69, 9.17) is 5.73 Å². The Hall–Kier alpha value is -1.71. The molecule has 2 aromatic rings. The van der Waals surface area contributed by atoms with Crippen molar-refractivity contribution in [1.29, 1.82) is 0 Å². The highest BCUT2D eigenvalue weighted by Gasteiger charge is 2.26. The molecule has 2 aromatic carbocycles. The third kappa shape index (κ3) is 3.14. The summed E-state index contributed by atoms with van der Waals surface area (Å²) in [6.45, 7) is 2.31. The highest BCUT2D eigenvalue weighted by molar-refractivity contribution is 5.28. The van der Waals surface area contributed by atoms with Crippen molar-refractivity contribution in [3.63, 3.8) is 0 Å². The molecule has 0 saturated carbocycles. The molecule has 1 saturated heterocycles. The van der Waals surface area contributed by atoms with E-state index in [9.17, 15) is 4.39 Å². The number of halogens is 1. The molecule has 1 atom stereocenters. The second-order valence-electron chi connectivity index (χ2n) is 5.66. The predicted octanol–water partition coefficient (Wildman–Crippen LogP) is 3.62. The SMILES string of the molecule is NCc1cc(F)ccc1CN1CCCC1c1ccccc1. The van der Waals surface area contributed by atoms with Crippen LogP contribution in [0.5, 0.6) is 0 Å². The molecular weight excluding hydrogens is 263 g/mol. The standard InChI is InChI=1S/C18H21FN2/c19-17-9-8-15(16(11-17)12-20)13-21-10-4-7-18(21)14-5-2-1-3-6-14/h1-3,5-6,8-9,11,18H,4,7,10,12-13,20H2. The maximum absolute atomic E-state index is 13.3. The van der Waals surface area contributed by atoms with E-state index in [1.807, 2.05) is 6.07 Å². The summed E-state index contributed by atoms with van der Waals surface area (Å²) >= 11 is 0. The largest absolute Gasteiger partial charge is 0.326 e. The summed E-state index contributed by atoms with van der Waals surface area (Å²) < 4.78 is 13.3. The molecule has 0 radical (unpaired) electrons. The molecule has 110 valence electrons. The van der Waals surface area contributed by atoms with Crippen molar-refractivity contribution in [2.75, 3.05) is 6.54 Å². The van der Waals surface area contributed by atoms with E-state index in [0.29, 0.717) is 12.6 Å². The summed E-state index contributed by atoms with van der Waals surface area (Å²) in [5.74, 6) is -0.208. The molecule has 0 aliphatic carbocycles. The first-order chi connectivity index (χ1) is 10.3. The second kappa shape index (κ2) is 6.37. The molecular formula is C18H21FN2. The molecule has 21 heavy (non-hydrogen) atoms. The van der Waals surface area contributed by atoms with Gasteiger partial charge >= 0.3 is 0 Å². The van der Waals surface area contributed by atoms with Crippen molar-refractivity contribution in [2.45, 2.75) is 32.0 Å². The third-order valence-electron chi connectivity index (χ3n) is 4.31. The topological polar surface area (TPSA) is 29.3 Å². The molecule has 0 amide bonds. The number of hydrogen-bond donors (Lipinski definition) is 1. The summed E-state index contributed by atoms with van der Waals surface area (Å²) in [4.78, 5) is 2.47. The first-order valence-corrected chi connectivity index (χ1v) is 7.54. The number of likely N-dealkylation sites (tertiary alicyclic amines) is 1. The van der Waals surface area contributed by atoms with Crippen molar-refractivity contribution in [3.05, 3.63) is 71.0 Å². The van der Waals surface area contributed by atoms with Crippen LogP contribution in [0.25, 0.3) is 0 Å². The van der Waals surface area contributed by atoms with E-state index < -0.39 is 0 Å². The van der Waals surface area contributed by atoms with Gasteiger partial charge in [0.1, 0.15) is 5.82 Å². The summed E-state index contributed by atoms with van der Waals surface area (Å²) in [6.07, 6.45) is 2.39. The smallest absolute Gasteiger partial charge is 0.123 e. The third-order valence-corrected chi connectivity index (χ3v) is 4.31. The zero-order valence-electron chi connectivity index (χ0n) is 12.1. The van der Waals surface area contributed by atoms with Gasteiger partial charge in [0.05, 0.1) is 0 Å². The molecule has 1 aliphatic rings. The molecule has 3 rings (SSSR count). The van der Waals surface area contributed by atoms with Crippen LogP contribution in [0.2, 0.25) is 0 Å². The minimum Gasteiger partial charge on any atom is -0.326 e. The zero-order chi connectivity index (χ0) is 14.7. The lowest BCUT2D eigenvalue weighted by Crippen LogP contribution is -2.23. The van der Waals surface area contributed by atoms with Crippen molar-refractivity contribution < 1.29 is 4.39 Å². The second-order valence-corrected chi connectivity index (χ2v) is 5.66. The van der Waals surface area contributed by atoms with Gasteiger partial charge in [-0.05, 0) is 48.2 Å². The fraction of sp³-hybridized carbons (Fsp3) is 0.333. The van der Waals surface area contributed by atoms with Crippen LogP contribution < -0.4 is 5.73 Å². The van der Waals surface area contributed by atoms with E-state index in [-0.39, 0.29) is 5.82 Å².